The van der Waals surface area contributed by atoms with Gasteiger partial charge < -0.3 is 10.4 Å². The number of carbonyl (C=O) groups is 2. The summed E-state index contributed by atoms with van der Waals surface area (Å²) in [5.74, 6) is 1.64. The third kappa shape index (κ3) is 7.15. The topological polar surface area (TPSA) is 78.4 Å². The van der Waals surface area contributed by atoms with Crippen molar-refractivity contribution < 1.29 is 14.7 Å². The third-order valence-electron chi connectivity index (χ3n) is 1.76. The monoisotopic (exact) mass is 244 g/mol. The highest BCUT2D eigenvalue weighted by Crippen LogP contribution is 2.00. The van der Waals surface area contributed by atoms with Crippen molar-refractivity contribution in [3.05, 3.63) is 0 Å². The molecule has 0 bridgehead atoms. The second-order valence-corrected chi connectivity index (χ2v) is 4.03. The first-order chi connectivity index (χ1) is 7.61. The van der Waals surface area contributed by atoms with E-state index < -0.39 is 12.0 Å². The van der Waals surface area contributed by atoms with Gasteiger partial charge in [-0.3, -0.25) is 10.1 Å². The van der Waals surface area contributed by atoms with E-state index in [9.17, 15) is 9.59 Å². The quantitative estimate of drug-likeness (QED) is 0.397. The number of aliphatic carboxylic acids is 1. The van der Waals surface area contributed by atoms with Crippen LogP contribution in [0.1, 0.15) is 6.42 Å². The lowest BCUT2D eigenvalue weighted by Gasteiger charge is -2.13. The number of amides is 1. The summed E-state index contributed by atoms with van der Waals surface area (Å²) in [4.78, 5) is 22.1. The van der Waals surface area contributed by atoms with Crippen LogP contribution in [0.15, 0.2) is 0 Å². The zero-order valence-corrected chi connectivity index (χ0v) is 9.97. The Morgan fingerprint density at radius 1 is 1.56 bits per heavy atom. The maximum absolute atomic E-state index is 11.3. The van der Waals surface area contributed by atoms with Crippen molar-refractivity contribution in [3.8, 4) is 12.3 Å². The van der Waals surface area contributed by atoms with Crippen LogP contribution < -0.4 is 10.6 Å². The van der Waals surface area contributed by atoms with Gasteiger partial charge in [-0.2, -0.15) is 11.8 Å². The molecule has 1 atom stereocenters. The van der Waals surface area contributed by atoms with Crippen LogP contribution in [-0.2, 0) is 9.59 Å². The van der Waals surface area contributed by atoms with Gasteiger partial charge in [-0.15, -0.1) is 6.42 Å². The minimum atomic E-state index is -1.01. The molecule has 1 amide bonds. The molecule has 0 spiro atoms. The number of carbonyl (C=O) groups excluding carboxylic acids is 1. The van der Waals surface area contributed by atoms with E-state index in [0.29, 0.717) is 12.2 Å². The molecule has 5 nitrogen and oxygen atoms in total. The molecule has 90 valence electrons. The zero-order valence-electron chi connectivity index (χ0n) is 9.16. The third-order valence-corrected chi connectivity index (χ3v) is 2.40. The molecular formula is C10H16N2O3S. The molecule has 0 aliphatic rings. The van der Waals surface area contributed by atoms with Crippen molar-refractivity contribution in [2.75, 3.05) is 25.1 Å². The predicted octanol–water partition coefficient (Wildman–Crippen LogP) is -0.468. The van der Waals surface area contributed by atoms with Gasteiger partial charge in [0.2, 0.25) is 5.91 Å². The fourth-order valence-corrected chi connectivity index (χ4v) is 1.46. The molecule has 0 saturated carbocycles. The zero-order chi connectivity index (χ0) is 12.4. The molecule has 0 saturated heterocycles. The number of hydrogen-bond donors (Lipinski definition) is 3. The Morgan fingerprint density at radius 2 is 2.25 bits per heavy atom. The van der Waals surface area contributed by atoms with Gasteiger partial charge >= 0.3 is 5.97 Å². The Bertz CT molecular complexity index is 276. The smallest absolute Gasteiger partial charge is 0.326 e. The number of carboxylic acid groups (broad SMARTS) is 1. The van der Waals surface area contributed by atoms with Crippen molar-refractivity contribution in [3.63, 3.8) is 0 Å². The van der Waals surface area contributed by atoms with E-state index in [2.05, 4.69) is 16.6 Å². The average Bonchev–Trinajstić information content (AvgIpc) is 2.24. The lowest BCUT2D eigenvalue weighted by Crippen LogP contribution is -2.44. The molecule has 1 unspecified atom stereocenters. The van der Waals surface area contributed by atoms with Crippen LogP contribution in [-0.4, -0.2) is 48.1 Å². The first-order valence-electron chi connectivity index (χ1n) is 4.77. The minimum Gasteiger partial charge on any atom is -0.480 e. The van der Waals surface area contributed by atoms with Crippen LogP contribution in [0.5, 0.6) is 0 Å². The average molecular weight is 244 g/mol. The summed E-state index contributed by atoms with van der Waals surface area (Å²) in [6, 6.07) is -0.826. The van der Waals surface area contributed by atoms with Crippen molar-refractivity contribution in [1.29, 1.82) is 0 Å². The number of rotatable bonds is 8. The van der Waals surface area contributed by atoms with E-state index in [1.165, 1.54) is 11.8 Å². The normalized spacial score (nSPS) is 11.5. The minimum absolute atomic E-state index is 0.0350. The maximum Gasteiger partial charge on any atom is 0.326 e. The van der Waals surface area contributed by atoms with E-state index in [4.69, 9.17) is 11.5 Å². The van der Waals surface area contributed by atoms with E-state index in [-0.39, 0.29) is 19.0 Å². The van der Waals surface area contributed by atoms with Crippen molar-refractivity contribution >= 4 is 23.6 Å². The van der Waals surface area contributed by atoms with Gasteiger partial charge in [0.25, 0.3) is 0 Å². The lowest BCUT2D eigenvalue weighted by atomic mass is 10.2. The fraction of sp³-hybridized carbons (Fsp3) is 0.600. The van der Waals surface area contributed by atoms with E-state index in [1.807, 2.05) is 6.26 Å². The van der Waals surface area contributed by atoms with Gasteiger partial charge in [0.1, 0.15) is 6.04 Å². The van der Waals surface area contributed by atoms with Crippen LogP contribution in [0.2, 0.25) is 0 Å². The summed E-state index contributed by atoms with van der Waals surface area (Å²) in [5, 5.41) is 14.0. The summed E-state index contributed by atoms with van der Waals surface area (Å²) in [7, 11) is 0. The molecule has 6 heteroatoms. The maximum atomic E-state index is 11.3. The largest absolute Gasteiger partial charge is 0.480 e. The highest BCUT2D eigenvalue weighted by Gasteiger charge is 2.18. The lowest BCUT2D eigenvalue weighted by molar-refractivity contribution is -0.141. The van der Waals surface area contributed by atoms with Gasteiger partial charge in [0.05, 0.1) is 13.1 Å². The first-order valence-corrected chi connectivity index (χ1v) is 6.16. The second kappa shape index (κ2) is 9.07. The fourth-order valence-electron chi connectivity index (χ4n) is 0.987. The Morgan fingerprint density at radius 3 is 2.75 bits per heavy atom. The number of nitrogens with one attached hydrogen (secondary N) is 2. The number of terminal acetylenes is 1. The van der Waals surface area contributed by atoms with Gasteiger partial charge in [-0.05, 0) is 18.4 Å². The molecule has 3 N–H and O–H groups in total. The summed E-state index contributed by atoms with van der Waals surface area (Å²) in [6.45, 7) is 0.323. The van der Waals surface area contributed by atoms with Crippen LogP contribution in [0.4, 0.5) is 0 Å². The van der Waals surface area contributed by atoms with Crippen molar-refractivity contribution in [2.24, 2.45) is 0 Å². The SMILES string of the molecule is C#CCNCC(=O)NC(CCSC)C(=O)O. The van der Waals surface area contributed by atoms with Crippen LogP contribution in [0.3, 0.4) is 0 Å². The Labute approximate surface area is 99.4 Å². The van der Waals surface area contributed by atoms with Gasteiger partial charge in [0.15, 0.2) is 0 Å². The van der Waals surface area contributed by atoms with E-state index in [1.54, 1.807) is 0 Å². The molecule has 0 aromatic rings. The molecule has 0 aliphatic heterocycles. The molecule has 0 aromatic heterocycles. The van der Waals surface area contributed by atoms with E-state index in [0.717, 1.165) is 0 Å². The summed E-state index contributed by atoms with van der Waals surface area (Å²) in [5.41, 5.74) is 0. The molecule has 0 aliphatic carbocycles. The highest BCUT2D eigenvalue weighted by molar-refractivity contribution is 7.98. The van der Waals surface area contributed by atoms with Crippen LogP contribution in [0.25, 0.3) is 0 Å². The Kier molecular flexibility index (Phi) is 8.39. The van der Waals surface area contributed by atoms with Crippen molar-refractivity contribution in [1.82, 2.24) is 10.6 Å². The van der Waals surface area contributed by atoms with E-state index >= 15 is 0 Å². The number of hydrogen-bond acceptors (Lipinski definition) is 4. The van der Waals surface area contributed by atoms with Gasteiger partial charge in [0, 0.05) is 0 Å². The molecule has 0 aromatic carbocycles. The molecule has 16 heavy (non-hydrogen) atoms. The number of thioether (sulfide) groups is 1. The Balaban J connectivity index is 3.94. The number of carboxylic acids is 1. The molecule has 0 rings (SSSR count). The highest BCUT2D eigenvalue weighted by atomic mass is 32.2. The second-order valence-electron chi connectivity index (χ2n) is 3.05. The Hall–Kier alpha value is -1.19. The first kappa shape index (κ1) is 14.8. The summed E-state index contributed by atoms with van der Waals surface area (Å²) in [6.07, 6.45) is 7.29. The van der Waals surface area contributed by atoms with Crippen LogP contribution in [0, 0.1) is 12.3 Å². The predicted molar refractivity (Wildman–Crippen MR) is 64.3 cm³/mol. The van der Waals surface area contributed by atoms with Crippen LogP contribution >= 0.6 is 11.8 Å². The van der Waals surface area contributed by atoms with Gasteiger partial charge in [-0.25, -0.2) is 4.79 Å². The molecular weight excluding hydrogens is 228 g/mol. The van der Waals surface area contributed by atoms with Crippen molar-refractivity contribution in [2.45, 2.75) is 12.5 Å². The summed E-state index contributed by atoms with van der Waals surface area (Å²) < 4.78 is 0. The molecule has 0 radical (unpaired) electrons. The standard InChI is InChI=1S/C10H16N2O3S/c1-3-5-11-7-9(13)12-8(10(14)15)4-6-16-2/h1,8,11H,4-7H2,2H3,(H,12,13)(H,14,15). The molecule has 0 fully saturated rings. The van der Waals surface area contributed by atoms with Gasteiger partial charge in [-0.1, -0.05) is 5.92 Å². The molecule has 0 heterocycles. The summed E-state index contributed by atoms with van der Waals surface area (Å²) >= 11 is 1.54.